The lowest BCUT2D eigenvalue weighted by atomic mass is 10.0. The Bertz CT molecular complexity index is 1150. The Morgan fingerprint density at radius 3 is 2.31 bits per heavy atom. The van der Waals surface area contributed by atoms with Crippen molar-refractivity contribution < 1.29 is 23.4 Å². The Morgan fingerprint density at radius 2 is 1.78 bits per heavy atom. The first-order chi connectivity index (χ1) is 15.0. The molecule has 0 aliphatic rings. The fraction of sp³-hybridized carbons (Fsp3) is 0.217. The summed E-state index contributed by atoms with van der Waals surface area (Å²) < 4.78 is 27.5. The third-order valence-electron chi connectivity index (χ3n) is 4.53. The van der Waals surface area contributed by atoms with Crippen molar-refractivity contribution in [2.45, 2.75) is 32.4 Å². The highest BCUT2D eigenvalue weighted by molar-refractivity contribution is 7.88. The molecule has 8 nitrogen and oxygen atoms in total. The van der Waals surface area contributed by atoms with Crippen LogP contribution in [0.3, 0.4) is 0 Å². The molecule has 0 radical (unpaired) electrons. The smallest absolute Gasteiger partial charge is 0.255 e. The van der Waals surface area contributed by atoms with E-state index in [1.54, 1.807) is 19.1 Å². The molecule has 0 aliphatic carbocycles. The Morgan fingerprint density at radius 1 is 1.12 bits per heavy atom. The van der Waals surface area contributed by atoms with Crippen molar-refractivity contribution in [2.24, 2.45) is 4.99 Å². The maximum absolute atomic E-state index is 12.6. The zero-order valence-electron chi connectivity index (χ0n) is 18.2. The van der Waals surface area contributed by atoms with Crippen LogP contribution in [0.4, 0.5) is 5.69 Å². The van der Waals surface area contributed by atoms with E-state index in [2.05, 4.69) is 35.6 Å². The van der Waals surface area contributed by atoms with E-state index in [0.29, 0.717) is 11.5 Å². The van der Waals surface area contributed by atoms with Crippen LogP contribution >= 0.6 is 0 Å². The predicted molar refractivity (Wildman–Crippen MR) is 126 cm³/mol. The maximum Gasteiger partial charge on any atom is 0.255 e. The van der Waals surface area contributed by atoms with Gasteiger partial charge < -0.3 is 15.5 Å². The topological polar surface area (TPSA) is 128 Å². The molecule has 0 atom stereocenters. The third kappa shape index (κ3) is 6.98. The van der Waals surface area contributed by atoms with Gasteiger partial charge >= 0.3 is 0 Å². The number of aromatic hydroxyl groups is 2. The number of nitrogens with one attached hydrogen (secondary N) is 2. The summed E-state index contributed by atoms with van der Waals surface area (Å²) in [7, 11) is -3.80. The fourth-order valence-corrected chi connectivity index (χ4v) is 3.90. The van der Waals surface area contributed by atoms with E-state index in [1.807, 2.05) is 12.1 Å². The third-order valence-corrected chi connectivity index (χ3v) is 5.77. The van der Waals surface area contributed by atoms with Crippen LogP contribution in [-0.2, 0) is 20.6 Å². The van der Waals surface area contributed by atoms with E-state index in [-0.39, 0.29) is 34.3 Å². The van der Waals surface area contributed by atoms with Crippen LogP contribution in [0.25, 0.3) is 0 Å². The largest absolute Gasteiger partial charge is 0.504 e. The number of phenols is 2. The normalized spacial score (nSPS) is 12.5. The zero-order chi connectivity index (χ0) is 23.9. The van der Waals surface area contributed by atoms with Gasteiger partial charge in [0, 0.05) is 17.3 Å². The molecule has 0 bridgehead atoms. The first-order valence-electron chi connectivity index (χ1n) is 9.82. The predicted octanol–water partition coefficient (Wildman–Crippen LogP) is 3.77. The van der Waals surface area contributed by atoms with Crippen molar-refractivity contribution in [1.29, 1.82) is 0 Å². The fourth-order valence-electron chi connectivity index (χ4n) is 2.75. The van der Waals surface area contributed by atoms with Gasteiger partial charge in [0.15, 0.2) is 11.5 Å². The summed E-state index contributed by atoms with van der Waals surface area (Å²) in [5, 5.41) is 21.5. The molecule has 0 unspecified atom stereocenters. The van der Waals surface area contributed by atoms with E-state index in [1.165, 1.54) is 30.4 Å². The number of carbonyl (C=O) groups is 1. The number of carbonyl (C=O) groups excluding carboxylic acids is 1. The molecule has 2 rings (SSSR count). The molecule has 1 amide bonds. The van der Waals surface area contributed by atoms with Gasteiger partial charge in [0.1, 0.15) is 5.82 Å². The molecular formula is C23H27N3O5S. The van der Waals surface area contributed by atoms with Crippen molar-refractivity contribution in [3.8, 4) is 11.5 Å². The molecular weight excluding hydrogens is 430 g/mol. The highest BCUT2D eigenvalue weighted by Gasteiger charge is 2.15. The lowest BCUT2D eigenvalue weighted by molar-refractivity contribution is -0.112. The van der Waals surface area contributed by atoms with E-state index >= 15 is 0 Å². The second kappa shape index (κ2) is 10.6. The van der Waals surface area contributed by atoms with Crippen LogP contribution in [0.15, 0.2) is 71.0 Å². The molecule has 4 N–H and O–H groups in total. The summed E-state index contributed by atoms with van der Waals surface area (Å²) in [5.74, 6) is -1.30. The summed E-state index contributed by atoms with van der Waals surface area (Å²) in [6.45, 7) is 9.08. The number of aliphatic imine (C=N–C) groups is 1. The van der Waals surface area contributed by atoms with Gasteiger partial charge in [-0.3, -0.25) is 9.52 Å². The van der Waals surface area contributed by atoms with Crippen LogP contribution in [0.5, 0.6) is 11.5 Å². The molecule has 0 saturated carbocycles. The van der Waals surface area contributed by atoms with E-state index in [9.17, 15) is 23.4 Å². The minimum Gasteiger partial charge on any atom is -0.504 e. The Labute approximate surface area is 188 Å². The molecule has 0 spiro atoms. The standard InChI is InChI=1S/C23H27N3O5S/c1-5-17(23(29)25-19-10-11-20(27)21(28)13-19)12-22(24-4)26-32(30,31)14-16-6-8-18(9-7-16)15(2)3/h5-13,15,26-28H,4,14H2,1-3H3,(H,25,29)/b17-5+,22-12+. The number of hydrogen-bond acceptors (Lipinski definition) is 6. The number of hydrogen-bond donors (Lipinski definition) is 4. The van der Waals surface area contributed by atoms with Gasteiger partial charge in [-0.1, -0.05) is 44.2 Å². The summed E-state index contributed by atoms with van der Waals surface area (Å²) in [5.41, 5.74) is 2.08. The number of phenolic OH excluding ortho intramolecular Hbond substituents is 2. The second-order valence-corrected chi connectivity index (χ2v) is 9.07. The molecule has 170 valence electrons. The minimum atomic E-state index is -3.80. The molecule has 2 aromatic rings. The lowest BCUT2D eigenvalue weighted by Gasteiger charge is -2.11. The van der Waals surface area contributed by atoms with Gasteiger partial charge in [0.2, 0.25) is 10.0 Å². The zero-order valence-corrected chi connectivity index (χ0v) is 19.0. The first-order valence-corrected chi connectivity index (χ1v) is 11.5. The van der Waals surface area contributed by atoms with Crippen LogP contribution < -0.4 is 10.0 Å². The lowest BCUT2D eigenvalue weighted by Crippen LogP contribution is -2.24. The second-order valence-electron chi connectivity index (χ2n) is 7.35. The van der Waals surface area contributed by atoms with Crippen LogP contribution in [0.2, 0.25) is 0 Å². The quantitative estimate of drug-likeness (QED) is 0.150. The number of nitrogens with zero attached hydrogens (tertiary/aromatic N) is 1. The van der Waals surface area contributed by atoms with Gasteiger partial charge in [0.05, 0.1) is 5.75 Å². The minimum absolute atomic E-state index is 0.111. The average Bonchev–Trinajstić information content (AvgIpc) is 2.73. The van der Waals surface area contributed by atoms with Crippen molar-refractivity contribution in [2.75, 3.05) is 5.32 Å². The van der Waals surface area contributed by atoms with Gasteiger partial charge in [-0.15, -0.1) is 0 Å². The highest BCUT2D eigenvalue weighted by atomic mass is 32.2. The molecule has 0 heterocycles. The summed E-state index contributed by atoms with van der Waals surface area (Å²) >= 11 is 0. The van der Waals surface area contributed by atoms with E-state index in [0.717, 1.165) is 5.56 Å². The molecule has 0 aromatic heterocycles. The maximum atomic E-state index is 12.6. The average molecular weight is 458 g/mol. The SMILES string of the molecule is C=N/C(=C\C(=C/C)C(=O)Nc1ccc(O)c(O)c1)NS(=O)(=O)Cc1ccc(C(C)C)cc1. The van der Waals surface area contributed by atoms with Crippen LogP contribution in [0.1, 0.15) is 37.8 Å². The van der Waals surface area contributed by atoms with Gasteiger partial charge in [-0.05, 0) is 48.9 Å². The highest BCUT2D eigenvalue weighted by Crippen LogP contribution is 2.27. The number of rotatable bonds is 9. The monoisotopic (exact) mass is 457 g/mol. The first kappa shape index (κ1) is 24.7. The molecule has 0 fully saturated rings. The van der Waals surface area contributed by atoms with Gasteiger partial charge in [0.25, 0.3) is 5.91 Å². The van der Waals surface area contributed by atoms with Gasteiger partial charge in [-0.25, -0.2) is 13.4 Å². The molecule has 9 heteroatoms. The number of benzene rings is 2. The Hall–Kier alpha value is -3.59. The number of amides is 1. The summed E-state index contributed by atoms with van der Waals surface area (Å²) in [4.78, 5) is 16.2. The van der Waals surface area contributed by atoms with Crippen molar-refractivity contribution in [3.05, 3.63) is 77.1 Å². The number of anilines is 1. The molecule has 32 heavy (non-hydrogen) atoms. The van der Waals surface area contributed by atoms with Crippen LogP contribution in [-0.4, -0.2) is 31.3 Å². The van der Waals surface area contributed by atoms with Crippen molar-refractivity contribution >= 4 is 28.3 Å². The Balaban J connectivity index is 2.13. The molecule has 0 saturated heterocycles. The van der Waals surface area contributed by atoms with E-state index < -0.39 is 15.9 Å². The van der Waals surface area contributed by atoms with Crippen LogP contribution in [0, 0.1) is 0 Å². The van der Waals surface area contributed by atoms with Crippen molar-refractivity contribution in [1.82, 2.24) is 4.72 Å². The summed E-state index contributed by atoms with van der Waals surface area (Å²) in [6, 6.07) is 11.1. The molecule has 0 aliphatic heterocycles. The number of allylic oxidation sites excluding steroid dienone is 1. The van der Waals surface area contributed by atoms with Crippen molar-refractivity contribution in [3.63, 3.8) is 0 Å². The number of sulfonamides is 1. The Kier molecular flexibility index (Phi) is 8.20. The van der Waals surface area contributed by atoms with E-state index in [4.69, 9.17) is 0 Å². The van der Waals surface area contributed by atoms with Gasteiger partial charge in [-0.2, -0.15) is 0 Å². The molecule has 2 aromatic carbocycles. The summed E-state index contributed by atoms with van der Waals surface area (Å²) in [6.07, 6.45) is 2.72.